The van der Waals surface area contributed by atoms with Crippen LogP contribution in [0.4, 0.5) is 5.69 Å². The van der Waals surface area contributed by atoms with Crippen molar-refractivity contribution in [3.05, 3.63) is 29.3 Å². The highest BCUT2D eigenvalue weighted by atomic mass is 16.5. The van der Waals surface area contributed by atoms with Gasteiger partial charge in [-0.25, -0.2) is 0 Å². The maximum Gasteiger partial charge on any atom is 0.303 e. The quantitative estimate of drug-likeness (QED) is 0.140. The molecule has 0 aliphatic rings. The Morgan fingerprint density at radius 1 is 0.932 bits per heavy atom. The van der Waals surface area contributed by atoms with Crippen LogP contribution in [0.25, 0.3) is 0 Å². The Kier molecular flexibility index (Phi) is 28.0. The SMILES string of the molecule is CC.CC.CCC(=O)O.CCNCC(=O)NC(C(=O)NCC(=O)Nc1ccc(COC(C)=O)c(C(=O)NCCN)c1)C(C)C. The van der Waals surface area contributed by atoms with Gasteiger partial charge in [0.2, 0.25) is 17.7 Å². The summed E-state index contributed by atoms with van der Waals surface area (Å²) in [4.78, 5) is 69.9. The number of nitrogens with one attached hydrogen (secondary N) is 5. The molecule has 1 atom stereocenters. The number of carboxylic acids is 1. The number of rotatable bonds is 15. The number of likely N-dealkylation sites (N-methyl/N-ethyl adjacent to an activating group) is 1. The van der Waals surface area contributed by atoms with Gasteiger partial charge in [0, 0.05) is 43.2 Å². The van der Waals surface area contributed by atoms with Gasteiger partial charge < -0.3 is 42.2 Å². The topological polar surface area (TPSA) is 218 Å². The fourth-order valence-corrected chi connectivity index (χ4v) is 2.93. The summed E-state index contributed by atoms with van der Waals surface area (Å²) in [5, 5.41) is 21.0. The third kappa shape index (κ3) is 21.6. The van der Waals surface area contributed by atoms with Gasteiger partial charge in [-0.1, -0.05) is 61.5 Å². The van der Waals surface area contributed by atoms with Crippen molar-refractivity contribution in [2.75, 3.05) is 38.0 Å². The molecule has 0 spiro atoms. The zero-order valence-electron chi connectivity index (χ0n) is 27.7. The van der Waals surface area contributed by atoms with Crippen LogP contribution in [0.1, 0.15) is 84.7 Å². The van der Waals surface area contributed by atoms with Gasteiger partial charge in [-0.3, -0.25) is 28.8 Å². The van der Waals surface area contributed by atoms with E-state index in [-0.39, 0.29) is 56.6 Å². The average Bonchev–Trinajstić information content (AvgIpc) is 3.01. The molecule has 1 aromatic carbocycles. The molecule has 8 N–H and O–H groups in total. The molecule has 0 bridgehead atoms. The summed E-state index contributed by atoms with van der Waals surface area (Å²) in [6, 6.07) is 3.76. The first kappa shape index (κ1) is 44.4. The first-order chi connectivity index (χ1) is 20.9. The molecule has 0 saturated carbocycles. The normalized spacial score (nSPS) is 10.2. The molecular formula is C30H54N6O8. The average molecular weight is 627 g/mol. The number of aliphatic carboxylic acids is 1. The van der Waals surface area contributed by atoms with E-state index in [1.807, 2.05) is 34.6 Å². The minimum absolute atomic E-state index is 0.0854. The van der Waals surface area contributed by atoms with Crippen LogP contribution in [0, 0.1) is 5.92 Å². The molecule has 1 unspecified atom stereocenters. The van der Waals surface area contributed by atoms with Gasteiger partial charge in [-0.2, -0.15) is 0 Å². The molecule has 14 heteroatoms. The molecule has 0 aliphatic carbocycles. The molecule has 0 aromatic heterocycles. The van der Waals surface area contributed by atoms with Crippen molar-refractivity contribution in [3.63, 3.8) is 0 Å². The highest BCUT2D eigenvalue weighted by Gasteiger charge is 2.24. The molecule has 0 fully saturated rings. The van der Waals surface area contributed by atoms with Crippen LogP contribution in [-0.4, -0.2) is 79.4 Å². The number of benzene rings is 1. The van der Waals surface area contributed by atoms with Gasteiger partial charge >= 0.3 is 11.9 Å². The van der Waals surface area contributed by atoms with Crippen molar-refractivity contribution >= 4 is 41.3 Å². The summed E-state index contributed by atoms with van der Waals surface area (Å²) in [7, 11) is 0. The molecule has 44 heavy (non-hydrogen) atoms. The number of nitrogens with two attached hydrogens (primary N) is 1. The molecule has 1 aromatic rings. The van der Waals surface area contributed by atoms with Gasteiger partial charge in [-0.05, 0) is 24.6 Å². The van der Waals surface area contributed by atoms with Crippen molar-refractivity contribution in [2.45, 2.75) is 81.4 Å². The summed E-state index contributed by atoms with van der Waals surface area (Å²) in [6.45, 7) is 17.0. The van der Waals surface area contributed by atoms with Gasteiger partial charge in [-0.15, -0.1) is 0 Å². The second-order valence-electron chi connectivity index (χ2n) is 8.78. The summed E-state index contributed by atoms with van der Waals surface area (Å²) < 4.78 is 4.99. The molecule has 0 aliphatic heterocycles. The lowest BCUT2D eigenvalue weighted by Gasteiger charge is -2.21. The maximum absolute atomic E-state index is 12.5. The van der Waals surface area contributed by atoms with E-state index in [1.54, 1.807) is 32.9 Å². The van der Waals surface area contributed by atoms with E-state index in [0.717, 1.165) is 0 Å². The molecule has 0 heterocycles. The lowest BCUT2D eigenvalue weighted by atomic mass is 10.0. The maximum atomic E-state index is 12.5. The summed E-state index contributed by atoms with van der Waals surface area (Å²) >= 11 is 0. The fraction of sp³-hybridized carbons (Fsp3) is 0.600. The van der Waals surface area contributed by atoms with E-state index < -0.39 is 35.7 Å². The number of hydrogen-bond donors (Lipinski definition) is 7. The van der Waals surface area contributed by atoms with Crippen molar-refractivity contribution in [1.29, 1.82) is 0 Å². The predicted molar refractivity (Wildman–Crippen MR) is 171 cm³/mol. The Hall–Kier alpha value is -4.04. The number of amides is 4. The summed E-state index contributed by atoms with van der Waals surface area (Å²) in [5.41, 5.74) is 6.41. The number of esters is 1. The van der Waals surface area contributed by atoms with Crippen molar-refractivity contribution < 1.29 is 38.6 Å². The molecule has 0 saturated heterocycles. The third-order valence-electron chi connectivity index (χ3n) is 5.03. The molecule has 252 valence electrons. The van der Waals surface area contributed by atoms with E-state index in [1.165, 1.54) is 13.0 Å². The monoisotopic (exact) mass is 626 g/mol. The van der Waals surface area contributed by atoms with Gasteiger partial charge in [0.25, 0.3) is 5.91 Å². The number of anilines is 1. The third-order valence-corrected chi connectivity index (χ3v) is 5.03. The van der Waals surface area contributed by atoms with Crippen molar-refractivity contribution in [1.82, 2.24) is 21.3 Å². The van der Waals surface area contributed by atoms with Crippen LogP contribution in [0.2, 0.25) is 0 Å². The zero-order valence-corrected chi connectivity index (χ0v) is 27.7. The van der Waals surface area contributed by atoms with E-state index in [9.17, 15) is 28.8 Å². The summed E-state index contributed by atoms with van der Waals surface area (Å²) in [6.07, 6.45) is 0.222. The van der Waals surface area contributed by atoms with E-state index in [4.69, 9.17) is 15.6 Å². The Balaban J connectivity index is -0.00000166. The standard InChI is InChI=1S/C23H36N6O6.C3H6O2.2C2H6/c1-5-25-11-19(31)29-21(14(2)3)23(34)27-12-20(32)28-17-7-6-16(13-35-15(4)30)18(10-17)22(33)26-9-8-24;1-2-3(4)5;2*1-2/h6-7,10,14,21,25H,5,8-9,11-13,24H2,1-4H3,(H,26,33)(H,27,34)(H,28,32)(H,29,31);2H2,1H3,(H,4,5);2*1-2H3. The van der Waals surface area contributed by atoms with Crippen LogP contribution in [-0.2, 0) is 35.3 Å². The van der Waals surface area contributed by atoms with E-state index in [0.29, 0.717) is 17.8 Å². The zero-order chi connectivity index (χ0) is 34.7. The fourth-order valence-electron chi connectivity index (χ4n) is 2.93. The molecule has 14 nitrogen and oxygen atoms in total. The smallest absolute Gasteiger partial charge is 0.303 e. The lowest BCUT2D eigenvalue weighted by Crippen LogP contribution is -2.52. The highest BCUT2D eigenvalue weighted by Crippen LogP contribution is 2.17. The van der Waals surface area contributed by atoms with E-state index >= 15 is 0 Å². The van der Waals surface area contributed by atoms with Crippen LogP contribution in [0.5, 0.6) is 0 Å². The number of carbonyl (C=O) groups is 6. The Labute approximate surface area is 261 Å². The first-order valence-corrected chi connectivity index (χ1v) is 14.9. The first-order valence-electron chi connectivity index (χ1n) is 14.9. The largest absolute Gasteiger partial charge is 0.481 e. The van der Waals surface area contributed by atoms with Gasteiger partial charge in [0.05, 0.1) is 13.1 Å². The Morgan fingerprint density at radius 2 is 1.52 bits per heavy atom. The van der Waals surface area contributed by atoms with Crippen LogP contribution < -0.4 is 32.3 Å². The van der Waals surface area contributed by atoms with Crippen LogP contribution in [0.3, 0.4) is 0 Å². The Morgan fingerprint density at radius 3 is 2.00 bits per heavy atom. The summed E-state index contributed by atoms with van der Waals surface area (Å²) in [5.74, 6) is -3.20. The lowest BCUT2D eigenvalue weighted by molar-refractivity contribution is -0.142. The number of hydrogen-bond acceptors (Lipinski definition) is 9. The number of ether oxygens (including phenoxy) is 1. The minimum Gasteiger partial charge on any atom is -0.481 e. The molecular weight excluding hydrogens is 572 g/mol. The Bertz CT molecular complexity index is 1020. The number of carboxylic acid groups (broad SMARTS) is 1. The molecule has 0 radical (unpaired) electrons. The van der Waals surface area contributed by atoms with E-state index in [2.05, 4.69) is 26.6 Å². The number of carbonyl (C=O) groups excluding carboxylic acids is 5. The predicted octanol–water partition coefficient (Wildman–Crippen LogP) is 1.78. The van der Waals surface area contributed by atoms with Crippen molar-refractivity contribution in [2.24, 2.45) is 11.7 Å². The van der Waals surface area contributed by atoms with Crippen LogP contribution >= 0.6 is 0 Å². The second-order valence-corrected chi connectivity index (χ2v) is 8.78. The minimum atomic E-state index is -0.799. The molecule has 4 amide bonds. The van der Waals surface area contributed by atoms with Crippen molar-refractivity contribution in [3.8, 4) is 0 Å². The van der Waals surface area contributed by atoms with Crippen LogP contribution in [0.15, 0.2) is 18.2 Å². The van der Waals surface area contributed by atoms with Gasteiger partial charge in [0.15, 0.2) is 0 Å². The molecule has 1 rings (SSSR count). The van der Waals surface area contributed by atoms with Gasteiger partial charge in [0.1, 0.15) is 12.6 Å². The second kappa shape index (κ2) is 27.8. The highest BCUT2D eigenvalue weighted by molar-refractivity contribution is 5.99.